The number of hydrogen-bond donors (Lipinski definition) is 1. The number of amides is 1. The van der Waals surface area contributed by atoms with Gasteiger partial charge in [-0.2, -0.15) is 5.10 Å². The fourth-order valence-electron chi connectivity index (χ4n) is 2.91. The highest BCUT2D eigenvalue weighted by Gasteiger charge is 2.05. The molecule has 0 saturated carbocycles. The number of nitrogens with one attached hydrogen (secondary N) is 1. The Hall–Kier alpha value is -3.31. The molecule has 0 aliphatic rings. The molecule has 1 atom stereocenters. The summed E-state index contributed by atoms with van der Waals surface area (Å²) in [6, 6.07) is 22.8. The number of hydrogen-bond acceptors (Lipinski definition) is 4. The average molecular weight is 451 g/mol. The van der Waals surface area contributed by atoms with Gasteiger partial charge in [-0.15, -0.1) is 0 Å². The van der Waals surface area contributed by atoms with Crippen LogP contribution in [0.1, 0.15) is 42.9 Å². The van der Waals surface area contributed by atoms with Crippen molar-refractivity contribution in [3.8, 4) is 11.5 Å². The third-order valence-electron chi connectivity index (χ3n) is 5.07. The molecule has 0 aromatic heterocycles. The van der Waals surface area contributed by atoms with Gasteiger partial charge in [0.1, 0.15) is 18.1 Å². The molecule has 0 aliphatic carbocycles. The Morgan fingerprint density at radius 1 is 1.00 bits per heavy atom. The van der Waals surface area contributed by atoms with E-state index in [1.807, 2.05) is 72.8 Å². The first-order valence-corrected chi connectivity index (χ1v) is 10.9. The van der Waals surface area contributed by atoms with Crippen molar-refractivity contribution < 1.29 is 14.3 Å². The van der Waals surface area contributed by atoms with Crippen LogP contribution >= 0.6 is 11.6 Å². The summed E-state index contributed by atoms with van der Waals surface area (Å²) in [5, 5.41) is 4.65. The number of carbonyl (C=O) groups excluding carboxylic acids is 1. The first kappa shape index (κ1) is 23.4. The number of carbonyl (C=O) groups is 1. The van der Waals surface area contributed by atoms with Crippen molar-refractivity contribution >= 4 is 23.7 Å². The number of ether oxygens (including phenoxy) is 2. The minimum Gasteiger partial charge on any atom is -0.489 e. The maximum absolute atomic E-state index is 11.9. The molecule has 3 aromatic rings. The van der Waals surface area contributed by atoms with Crippen LogP contribution < -0.4 is 14.9 Å². The topological polar surface area (TPSA) is 59.9 Å². The van der Waals surface area contributed by atoms with Crippen molar-refractivity contribution in [1.82, 2.24) is 5.43 Å². The van der Waals surface area contributed by atoms with Crippen molar-refractivity contribution in [2.75, 3.05) is 6.61 Å². The number of benzene rings is 3. The van der Waals surface area contributed by atoms with Crippen LogP contribution in [0.15, 0.2) is 77.9 Å². The highest BCUT2D eigenvalue weighted by molar-refractivity contribution is 6.31. The molecule has 3 rings (SSSR count). The summed E-state index contributed by atoms with van der Waals surface area (Å²) in [5.74, 6) is 1.55. The Balaban J connectivity index is 1.41. The molecule has 5 nitrogen and oxygen atoms in total. The molecule has 166 valence electrons. The lowest BCUT2D eigenvalue weighted by Gasteiger charge is -2.10. The molecule has 1 amide bonds. The third kappa shape index (κ3) is 7.13. The van der Waals surface area contributed by atoms with E-state index in [1.165, 1.54) is 5.56 Å². The number of rotatable bonds is 10. The van der Waals surface area contributed by atoms with Gasteiger partial charge >= 0.3 is 0 Å². The summed E-state index contributed by atoms with van der Waals surface area (Å²) < 4.78 is 11.3. The quantitative estimate of drug-likeness (QED) is 0.306. The second-order valence-corrected chi connectivity index (χ2v) is 7.82. The Labute approximate surface area is 194 Å². The van der Waals surface area contributed by atoms with Gasteiger partial charge in [0.2, 0.25) is 0 Å². The van der Waals surface area contributed by atoms with E-state index in [9.17, 15) is 4.79 Å². The Morgan fingerprint density at radius 2 is 1.66 bits per heavy atom. The molecule has 1 N–H and O–H groups in total. The van der Waals surface area contributed by atoms with E-state index in [2.05, 4.69) is 24.4 Å². The molecule has 32 heavy (non-hydrogen) atoms. The average Bonchev–Trinajstić information content (AvgIpc) is 2.83. The number of halogens is 1. The molecule has 0 saturated heterocycles. The van der Waals surface area contributed by atoms with Crippen LogP contribution in [0.25, 0.3) is 0 Å². The minimum absolute atomic E-state index is 0.102. The second kappa shape index (κ2) is 11.9. The van der Waals surface area contributed by atoms with E-state index in [1.54, 1.807) is 6.21 Å². The van der Waals surface area contributed by atoms with Gasteiger partial charge in [0.15, 0.2) is 6.61 Å². The van der Waals surface area contributed by atoms with Gasteiger partial charge < -0.3 is 9.47 Å². The van der Waals surface area contributed by atoms with E-state index in [0.717, 1.165) is 23.3 Å². The predicted molar refractivity (Wildman–Crippen MR) is 129 cm³/mol. The summed E-state index contributed by atoms with van der Waals surface area (Å²) in [6.45, 7) is 4.63. The summed E-state index contributed by atoms with van der Waals surface area (Å²) >= 11 is 6.14. The van der Waals surface area contributed by atoms with E-state index in [-0.39, 0.29) is 12.5 Å². The van der Waals surface area contributed by atoms with Crippen molar-refractivity contribution in [3.05, 3.63) is 94.5 Å². The summed E-state index contributed by atoms with van der Waals surface area (Å²) in [4.78, 5) is 11.9. The summed E-state index contributed by atoms with van der Waals surface area (Å²) in [7, 11) is 0. The molecule has 6 heteroatoms. The maximum atomic E-state index is 11.9. The molecule has 0 heterocycles. The van der Waals surface area contributed by atoms with Crippen LogP contribution in [-0.4, -0.2) is 18.7 Å². The SMILES string of the molecule is CC[C@@H](C)c1ccc(OCC(=O)N/N=C\c2ccc(OCc3ccccc3Cl)cc2)cc1. The van der Waals surface area contributed by atoms with Crippen LogP contribution in [-0.2, 0) is 11.4 Å². The number of nitrogens with zero attached hydrogens (tertiary/aromatic N) is 1. The van der Waals surface area contributed by atoms with Crippen LogP contribution in [0.2, 0.25) is 5.02 Å². The zero-order valence-electron chi connectivity index (χ0n) is 18.3. The second-order valence-electron chi connectivity index (χ2n) is 7.41. The first-order chi connectivity index (χ1) is 15.5. The van der Waals surface area contributed by atoms with Gasteiger partial charge in [0.05, 0.1) is 6.21 Å². The van der Waals surface area contributed by atoms with Crippen LogP contribution in [0, 0.1) is 0 Å². The maximum Gasteiger partial charge on any atom is 0.277 e. The Morgan fingerprint density at radius 3 is 2.34 bits per heavy atom. The molecular formula is C26H27ClN2O3. The van der Waals surface area contributed by atoms with E-state index >= 15 is 0 Å². The van der Waals surface area contributed by atoms with Gasteiger partial charge in [-0.1, -0.05) is 55.8 Å². The Bertz CT molecular complexity index is 1030. The van der Waals surface area contributed by atoms with Gasteiger partial charge in [-0.3, -0.25) is 4.79 Å². The standard InChI is InChI=1S/C26H27ClN2O3/c1-3-19(2)21-10-14-24(15-11-21)32-18-26(30)29-28-16-20-8-12-23(13-9-20)31-17-22-6-4-5-7-25(22)27/h4-16,19H,3,17-18H2,1-2H3,(H,29,30)/b28-16-/t19-/m1/s1. The van der Waals surface area contributed by atoms with Crippen LogP contribution in [0.3, 0.4) is 0 Å². The van der Waals surface area contributed by atoms with Crippen LogP contribution in [0.5, 0.6) is 11.5 Å². The lowest BCUT2D eigenvalue weighted by Crippen LogP contribution is -2.24. The van der Waals surface area contributed by atoms with Crippen molar-refractivity contribution in [1.29, 1.82) is 0 Å². The van der Waals surface area contributed by atoms with Gasteiger partial charge in [0.25, 0.3) is 5.91 Å². The largest absolute Gasteiger partial charge is 0.489 e. The highest BCUT2D eigenvalue weighted by Crippen LogP contribution is 2.21. The molecule has 0 fully saturated rings. The molecule has 0 bridgehead atoms. The zero-order chi connectivity index (χ0) is 22.8. The van der Waals surface area contributed by atoms with Gasteiger partial charge in [-0.05, 0) is 65.9 Å². The first-order valence-electron chi connectivity index (χ1n) is 10.6. The van der Waals surface area contributed by atoms with Gasteiger partial charge in [-0.25, -0.2) is 5.43 Å². The zero-order valence-corrected chi connectivity index (χ0v) is 19.0. The van der Waals surface area contributed by atoms with Crippen molar-refractivity contribution in [2.45, 2.75) is 32.8 Å². The van der Waals surface area contributed by atoms with Crippen molar-refractivity contribution in [2.24, 2.45) is 5.10 Å². The van der Waals surface area contributed by atoms with E-state index in [0.29, 0.717) is 23.3 Å². The molecule has 3 aromatic carbocycles. The molecule has 0 unspecified atom stereocenters. The van der Waals surface area contributed by atoms with E-state index in [4.69, 9.17) is 21.1 Å². The third-order valence-corrected chi connectivity index (χ3v) is 5.44. The monoisotopic (exact) mass is 450 g/mol. The smallest absolute Gasteiger partial charge is 0.277 e. The number of hydrazone groups is 1. The highest BCUT2D eigenvalue weighted by atomic mass is 35.5. The van der Waals surface area contributed by atoms with Gasteiger partial charge in [0, 0.05) is 10.6 Å². The molecule has 0 aliphatic heterocycles. The predicted octanol–water partition coefficient (Wildman–Crippen LogP) is 5.96. The molecular weight excluding hydrogens is 424 g/mol. The molecule has 0 radical (unpaired) electrons. The fraction of sp³-hybridized carbons (Fsp3) is 0.231. The van der Waals surface area contributed by atoms with E-state index < -0.39 is 0 Å². The fourth-order valence-corrected chi connectivity index (χ4v) is 3.11. The lowest BCUT2D eigenvalue weighted by atomic mass is 9.99. The van der Waals surface area contributed by atoms with Crippen LogP contribution in [0.4, 0.5) is 0 Å². The Kier molecular flexibility index (Phi) is 8.70. The van der Waals surface area contributed by atoms with Crippen molar-refractivity contribution in [3.63, 3.8) is 0 Å². The minimum atomic E-state index is -0.327. The summed E-state index contributed by atoms with van der Waals surface area (Å²) in [5.41, 5.74) is 5.48. The normalized spacial score (nSPS) is 11.8. The summed E-state index contributed by atoms with van der Waals surface area (Å²) in [6.07, 6.45) is 2.65. The molecule has 0 spiro atoms. The lowest BCUT2D eigenvalue weighted by molar-refractivity contribution is -0.123.